The van der Waals surface area contributed by atoms with Gasteiger partial charge >= 0.3 is 0 Å². The molecule has 2 fully saturated rings. The van der Waals surface area contributed by atoms with Crippen LogP contribution < -0.4 is 0 Å². The van der Waals surface area contributed by atoms with E-state index in [4.69, 9.17) is 14.3 Å². The number of benzene rings is 1. The highest BCUT2D eigenvalue weighted by atomic mass is 19.1. The number of aryl methyl sites for hydroxylation is 1. The molecule has 1 saturated heterocycles. The molecule has 5 atom stereocenters. The van der Waals surface area contributed by atoms with Crippen molar-refractivity contribution in [3.8, 4) is 11.3 Å². The second-order valence-corrected chi connectivity index (χ2v) is 10.1. The maximum absolute atomic E-state index is 14.5. The third-order valence-corrected chi connectivity index (χ3v) is 7.67. The zero-order valence-corrected chi connectivity index (χ0v) is 20.4. The normalized spacial score (nSPS) is 29.8. The van der Waals surface area contributed by atoms with Gasteiger partial charge in [0.2, 0.25) is 0 Å². The van der Waals surface area contributed by atoms with Crippen LogP contribution in [0.25, 0.3) is 11.3 Å². The average Bonchev–Trinajstić information content (AvgIpc) is 3.50. The quantitative estimate of drug-likeness (QED) is 0.619. The van der Waals surface area contributed by atoms with E-state index >= 15 is 0 Å². The molecule has 196 valence electrons. The molecular weight excluding hydrogens is 474 g/mol. The van der Waals surface area contributed by atoms with Crippen molar-refractivity contribution in [3.05, 3.63) is 35.5 Å². The fourth-order valence-corrected chi connectivity index (χ4v) is 5.72. The molecule has 36 heavy (non-hydrogen) atoms. The Bertz CT molecular complexity index is 1120. The molecular formula is C25H32F2N4O5. The molecule has 2 N–H and O–H groups in total. The highest BCUT2D eigenvalue weighted by Crippen LogP contribution is 2.41. The van der Waals surface area contributed by atoms with Gasteiger partial charge < -0.3 is 24.5 Å². The van der Waals surface area contributed by atoms with E-state index in [0.29, 0.717) is 12.8 Å². The van der Waals surface area contributed by atoms with Crippen molar-refractivity contribution in [2.75, 3.05) is 13.7 Å². The van der Waals surface area contributed by atoms with Crippen LogP contribution in [0.3, 0.4) is 0 Å². The fourth-order valence-electron chi connectivity index (χ4n) is 5.72. The molecule has 0 unspecified atom stereocenters. The van der Waals surface area contributed by atoms with Gasteiger partial charge in [-0.1, -0.05) is 16.8 Å². The molecule has 1 spiro atoms. The van der Waals surface area contributed by atoms with Crippen molar-refractivity contribution in [2.45, 2.75) is 87.9 Å². The van der Waals surface area contributed by atoms with Crippen LogP contribution in [0.15, 0.2) is 23.5 Å². The Balaban J connectivity index is 1.39. The van der Waals surface area contributed by atoms with E-state index in [0.717, 1.165) is 43.5 Å². The molecule has 3 aliphatic rings. The van der Waals surface area contributed by atoms with Crippen LogP contribution in [-0.4, -0.2) is 74.7 Å². The van der Waals surface area contributed by atoms with Crippen molar-refractivity contribution in [1.82, 2.24) is 15.0 Å². The number of oxime groups is 1. The second kappa shape index (κ2) is 10.1. The van der Waals surface area contributed by atoms with E-state index in [1.54, 1.807) is 0 Å². The van der Waals surface area contributed by atoms with Crippen LogP contribution in [0.1, 0.15) is 56.6 Å². The Labute approximate surface area is 208 Å². The summed E-state index contributed by atoms with van der Waals surface area (Å²) in [5.74, 6) is -1.18. The molecule has 2 aromatic rings. The highest BCUT2D eigenvalue weighted by molar-refractivity contribution is 5.86. The van der Waals surface area contributed by atoms with Crippen LogP contribution in [0.5, 0.6) is 0 Å². The minimum Gasteiger partial charge on any atom is -0.394 e. The summed E-state index contributed by atoms with van der Waals surface area (Å²) in [6.45, 7) is 1.06. The first-order valence-corrected chi connectivity index (χ1v) is 12.4. The third kappa shape index (κ3) is 4.65. The maximum Gasteiger partial charge on any atom is 0.143 e. The monoisotopic (exact) mass is 506 g/mol. The van der Waals surface area contributed by atoms with Crippen LogP contribution >= 0.6 is 0 Å². The van der Waals surface area contributed by atoms with Gasteiger partial charge in [-0.2, -0.15) is 0 Å². The number of ether oxygens (including phenoxy) is 2. The van der Waals surface area contributed by atoms with E-state index in [9.17, 15) is 19.0 Å². The van der Waals surface area contributed by atoms with Crippen LogP contribution in [-0.2, 0) is 14.3 Å². The number of rotatable bonds is 6. The largest absolute Gasteiger partial charge is 0.394 e. The summed E-state index contributed by atoms with van der Waals surface area (Å²) in [5, 5.41) is 33.4. The summed E-state index contributed by atoms with van der Waals surface area (Å²) in [5.41, 5.74) is 0.877. The fraction of sp³-hybridized carbons (Fsp3) is 0.640. The van der Waals surface area contributed by atoms with E-state index < -0.39 is 48.7 Å². The minimum absolute atomic E-state index is 0.0367. The number of hydrogen-bond acceptors (Lipinski definition) is 8. The molecule has 0 radical (unpaired) electrons. The van der Waals surface area contributed by atoms with E-state index in [-0.39, 0.29) is 22.4 Å². The summed E-state index contributed by atoms with van der Waals surface area (Å²) in [6.07, 6.45) is 4.61. The predicted octanol–water partition coefficient (Wildman–Crippen LogP) is 3.08. The molecule has 1 aromatic carbocycles. The molecule has 0 bridgehead atoms. The Kier molecular flexibility index (Phi) is 7.08. The molecule has 9 nitrogen and oxygen atoms in total. The van der Waals surface area contributed by atoms with E-state index in [2.05, 4.69) is 15.5 Å². The van der Waals surface area contributed by atoms with E-state index in [1.807, 2.05) is 0 Å². The standard InChI is InChI=1S/C25H32F2N4O5/c1-14-8-18(27)16(10-17(14)26)19-12-31(30-28-19)22-23(33)21(13-32)35-20(24(22)34-2)9-15-11-25(36-29-15)6-4-3-5-7-25/h8,10,12,20-24,32-33H,3-7,9,11,13H2,1-2H3/t20-,21-,22+,23+,24+/m1/s1. The topological polar surface area (TPSA) is 111 Å². The van der Waals surface area contributed by atoms with Gasteiger partial charge in [0, 0.05) is 25.5 Å². The summed E-state index contributed by atoms with van der Waals surface area (Å²) in [4.78, 5) is 5.87. The molecule has 11 heteroatoms. The van der Waals surface area contributed by atoms with Gasteiger partial charge in [0.15, 0.2) is 0 Å². The number of methoxy groups -OCH3 is 1. The Hall–Kier alpha value is -2.47. The van der Waals surface area contributed by atoms with Crippen molar-refractivity contribution in [2.24, 2.45) is 5.16 Å². The average molecular weight is 507 g/mol. The molecule has 5 rings (SSSR count). The summed E-state index contributed by atoms with van der Waals surface area (Å²) in [7, 11) is 1.50. The zero-order valence-electron chi connectivity index (χ0n) is 20.4. The summed E-state index contributed by atoms with van der Waals surface area (Å²) >= 11 is 0. The number of nitrogens with zero attached hydrogens (tertiary/aromatic N) is 4. The third-order valence-electron chi connectivity index (χ3n) is 7.67. The Morgan fingerprint density at radius 3 is 2.67 bits per heavy atom. The van der Waals surface area contributed by atoms with Gasteiger partial charge in [-0.25, -0.2) is 13.5 Å². The van der Waals surface area contributed by atoms with Crippen molar-refractivity contribution in [1.29, 1.82) is 0 Å². The SMILES string of the molecule is CO[C@@H]1[C@@H](n2cc(-c3cc(F)c(C)cc3F)nn2)[C@@H](O)[C@@H](CO)O[C@@H]1CC1=NOC2(CCCCC2)C1. The maximum atomic E-state index is 14.5. The predicted molar refractivity (Wildman–Crippen MR) is 125 cm³/mol. The molecule has 2 aliphatic heterocycles. The van der Waals surface area contributed by atoms with Gasteiger partial charge in [0.05, 0.1) is 24.6 Å². The van der Waals surface area contributed by atoms with Crippen molar-refractivity contribution >= 4 is 5.71 Å². The zero-order chi connectivity index (χ0) is 25.4. The molecule has 1 aromatic heterocycles. The second-order valence-electron chi connectivity index (χ2n) is 10.1. The highest BCUT2D eigenvalue weighted by Gasteiger charge is 2.49. The van der Waals surface area contributed by atoms with Gasteiger partial charge in [-0.05, 0) is 50.3 Å². The first-order valence-electron chi connectivity index (χ1n) is 12.4. The van der Waals surface area contributed by atoms with Crippen LogP contribution in [0, 0.1) is 18.6 Å². The minimum atomic E-state index is -1.18. The number of aromatic nitrogens is 3. The lowest BCUT2D eigenvalue weighted by Crippen LogP contribution is -2.57. The lowest BCUT2D eigenvalue weighted by molar-refractivity contribution is -0.210. The van der Waals surface area contributed by atoms with Gasteiger partial charge in [0.25, 0.3) is 0 Å². The van der Waals surface area contributed by atoms with E-state index in [1.165, 1.54) is 31.3 Å². The Morgan fingerprint density at radius 1 is 1.17 bits per heavy atom. The number of halogens is 2. The number of aliphatic hydroxyl groups is 2. The molecule has 0 amide bonds. The smallest absolute Gasteiger partial charge is 0.143 e. The number of aliphatic hydroxyl groups excluding tert-OH is 2. The van der Waals surface area contributed by atoms with Crippen molar-refractivity contribution < 1.29 is 33.3 Å². The van der Waals surface area contributed by atoms with Gasteiger partial charge in [0.1, 0.15) is 47.3 Å². The van der Waals surface area contributed by atoms with Gasteiger partial charge in [-0.15, -0.1) is 5.10 Å². The Morgan fingerprint density at radius 2 is 1.94 bits per heavy atom. The summed E-state index contributed by atoms with van der Waals surface area (Å²) < 4.78 is 41.9. The first kappa shape index (κ1) is 25.2. The first-order chi connectivity index (χ1) is 17.3. The number of hydrogen-bond donors (Lipinski definition) is 2. The molecule has 1 aliphatic carbocycles. The van der Waals surface area contributed by atoms with Crippen LogP contribution in [0.4, 0.5) is 8.78 Å². The summed E-state index contributed by atoms with van der Waals surface area (Å²) in [6, 6.07) is 1.38. The van der Waals surface area contributed by atoms with Gasteiger partial charge in [-0.3, -0.25) is 0 Å². The lowest BCUT2D eigenvalue weighted by Gasteiger charge is -2.43. The lowest BCUT2D eigenvalue weighted by atomic mass is 9.80. The molecule has 1 saturated carbocycles. The van der Waals surface area contributed by atoms with Crippen molar-refractivity contribution in [3.63, 3.8) is 0 Å². The molecule has 3 heterocycles. The van der Waals surface area contributed by atoms with Crippen LogP contribution in [0.2, 0.25) is 0 Å².